The second kappa shape index (κ2) is 7.36. The number of halogens is 2. The highest BCUT2D eigenvalue weighted by Gasteiger charge is 2.33. The van der Waals surface area contributed by atoms with Crippen LogP contribution in [0.2, 0.25) is 5.02 Å². The Balaban J connectivity index is 1.65. The van der Waals surface area contributed by atoms with E-state index in [1.54, 1.807) is 25.5 Å². The molecule has 0 saturated heterocycles. The van der Waals surface area contributed by atoms with Crippen molar-refractivity contribution < 1.29 is 9.18 Å². The molecule has 1 unspecified atom stereocenters. The summed E-state index contributed by atoms with van der Waals surface area (Å²) in [5.41, 5.74) is 1.90. The quantitative estimate of drug-likeness (QED) is 0.512. The van der Waals surface area contributed by atoms with Gasteiger partial charge in [-0.3, -0.25) is 4.79 Å². The summed E-state index contributed by atoms with van der Waals surface area (Å²) in [4.78, 5) is 28.9. The predicted octanol–water partition coefficient (Wildman–Crippen LogP) is 4.24. The molecular weight excluding hydrogens is 407 g/mol. The van der Waals surface area contributed by atoms with Crippen molar-refractivity contribution in [1.82, 2.24) is 29.8 Å². The first-order chi connectivity index (χ1) is 14.6. The Morgan fingerprint density at radius 1 is 1.27 bits per heavy atom. The van der Waals surface area contributed by atoms with Gasteiger partial charge in [-0.25, -0.2) is 19.3 Å². The van der Waals surface area contributed by atoms with Gasteiger partial charge in [0, 0.05) is 48.8 Å². The number of aromatic nitrogens is 5. The number of nitrogens with zero attached hydrogens (tertiary/aromatic N) is 4. The van der Waals surface area contributed by atoms with Crippen molar-refractivity contribution in [2.24, 2.45) is 5.92 Å². The number of aromatic amines is 1. The molecule has 4 heterocycles. The fourth-order valence-electron chi connectivity index (χ4n) is 4.47. The van der Waals surface area contributed by atoms with Crippen molar-refractivity contribution >= 4 is 39.6 Å². The van der Waals surface area contributed by atoms with Crippen molar-refractivity contribution in [3.8, 4) is 11.4 Å². The van der Waals surface area contributed by atoms with Crippen LogP contribution in [0.1, 0.15) is 31.7 Å². The molecule has 1 fully saturated rings. The Bertz CT molecular complexity index is 1270. The molecular formula is C21H20ClFN6O. The fourth-order valence-corrected chi connectivity index (χ4v) is 4.63. The van der Waals surface area contributed by atoms with Gasteiger partial charge in [-0.2, -0.15) is 0 Å². The minimum atomic E-state index is -0.388. The molecule has 2 N–H and O–H groups in total. The fraction of sp³-hybridized carbons (Fsp3) is 0.333. The van der Waals surface area contributed by atoms with E-state index >= 15 is 0 Å². The van der Waals surface area contributed by atoms with Gasteiger partial charge in [-0.05, 0) is 18.9 Å². The summed E-state index contributed by atoms with van der Waals surface area (Å²) in [5, 5.41) is 4.39. The molecule has 7 nitrogen and oxygen atoms in total. The molecule has 5 rings (SSSR count). The summed E-state index contributed by atoms with van der Waals surface area (Å²) in [6.45, 7) is 0. The van der Waals surface area contributed by atoms with Crippen LogP contribution >= 0.6 is 11.6 Å². The lowest BCUT2D eigenvalue weighted by atomic mass is 9.83. The van der Waals surface area contributed by atoms with Gasteiger partial charge in [0.25, 0.3) is 0 Å². The molecule has 0 radical (unpaired) electrons. The van der Waals surface area contributed by atoms with Gasteiger partial charge in [0.15, 0.2) is 11.6 Å². The number of nitrogens with one attached hydrogen (secondary N) is 2. The lowest BCUT2D eigenvalue weighted by Crippen LogP contribution is -2.36. The normalized spacial score (nSPS) is 19.4. The van der Waals surface area contributed by atoms with Gasteiger partial charge in [-0.15, -0.1) is 0 Å². The van der Waals surface area contributed by atoms with Crippen LogP contribution in [0.3, 0.4) is 0 Å². The molecule has 4 aromatic heterocycles. The van der Waals surface area contributed by atoms with Crippen LogP contribution in [0.15, 0.2) is 30.9 Å². The van der Waals surface area contributed by atoms with E-state index < -0.39 is 0 Å². The molecule has 4 aromatic rings. The zero-order chi connectivity index (χ0) is 20.8. The lowest BCUT2D eigenvalue weighted by molar-refractivity contribution is -0.126. The highest BCUT2D eigenvalue weighted by Crippen LogP contribution is 2.37. The third-order valence-corrected chi connectivity index (χ3v) is 6.14. The van der Waals surface area contributed by atoms with E-state index in [9.17, 15) is 9.18 Å². The van der Waals surface area contributed by atoms with E-state index in [-0.39, 0.29) is 23.7 Å². The number of amides is 1. The maximum Gasteiger partial charge on any atom is 0.224 e. The predicted molar refractivity (Wildman–Crippen MR) is 113 cm³/mol. The first-order valence-electron chi connectivity index (χ1n) is 9.94. The topological polar surface area (TPSA) is 88.5 Å². The van der Waals surface area contributed by atoms with E-state index in [0.717, 1.165) is 36.6 Å². The lowest BCUT2D eigenvalue weighted by Gasteiger charge is -2.31. The van der Waals surface area contributed by atoms with E-state index in [2.05, 4.69) is 20.3 Å². The van der Waals surface area contributed by atoms with Gasteiger partial charge < -0.3 is 14.9 Å². The van der Waals surface area contributed by atoms with Crippen LogP contribution in [0.4, 0.5) is 4.39 Å². The van der Waals surface area contributed by atoms with E-state index in [1.165, 1.54) is 12.4 Å². The molecule has 1 saturated carbocycles. The van der Waals surface area contributed by atoms with Gasteiger partial charge in [0.05, 0.1) is 16.3 Å². The SMILES string of the molecule is CNC(=O)C1CCCC[C@H]1n1cc(F)c2cnc(-c3c[nH]c4ncc(Cl)cc34)nc21. The minimum Gasteiger partial charge on any atom is -0.359 e. The molecule has 1 aliphatic carbocycles. The van der Waals surface area contributed by atoms with Crippen molar-refractivity contribution in [2.45, 2.75) is 31.7 Å². The molecule has 9 heteroatoms. The average molecular weight is 427 g/mol. The summed E-state index contributed by atoms with van der Waals surface area (Å²) >= 11 is 6.11. The first kappa shape index (κ1) is 19.0. The smallest absolute Gasteiger partial charge is 0.224 e. The third kappa shape index (κ3) is 3.02. The van der Waals surface area contributed by atoms with Crippen LogP contribution in [-0.4, -0.2) is 37.5 Å². The first-order valence-corrected chi connectivity index (χ1v) is 10.3. The molecule has 154 valence electrons. The maximum atomic E-state index is 14.7. The molecule has 0 aromatic carbocycles. The standard InChI is InChI=1S/C21H20ClFN6O/c1-24-21(30)12-4-2-3-5-17(12)29-10-16(23)15-9-27-19(28-20(15)29)14-8-26-18-13(14)6-11(22)7-25-18/h6-10,12,17H,2-5H2,1H3,(H,24,30)(H,25,26)/t12?,17-/m1/s1. The number of hydrogen-bond acceptors (Lipinski definition) is 4. The Hall–Kier alpha value is -3.00. The van der Waals surface area contributed by atoms with Crippen molar-refractivity contribution in [3.63, 3.8) is 0 Å². The van der Waals surface area contributed by atoms with Crippen LogP contribution in [0.5, 0.6) is 0 Å². The number of pyridine rings is 1. The van der Waals surface area contributed by atoms with Crippen molar-refractivity contribution in [1.29, 1.82) is 0 Å². The largest absolute Gasteiger partial charge is 0.359 e. The summed E-state index contributed by atoms with van der Waals surface area (Å²) in [6.07, 6.45) is 9.83. The number of carbonyl (C=O) groups is 1. The van der Waals surface area contributed by atoms with Crippen LogP contribution < -0.4 is 5.32 Å². The molecule has 0 bridgehead atoms. The molecule has 2 atom stereocenters. The average Bonchev–Trinajstić information content (AvgIpc) is 3.33. The van der Waals surface area contributed by atoms with Gasteiger partial charge in [0.2, 0.25) is 5.91 Å². The number of fused-ring (bicyclic) bond motifs is 2. The Labute approximate surface area is 176 Å². The number of rotatable bonds is 3. The summed E-state index contributed by atoms with van der Waals surface area (Å²) in [5.74, 6) is -0.173. The van der Waals surface area contributed by atoms with Crippen LogP contribution in [0.25, 0.3) is 33.5 Å². The van der Waals surface area contributed by atoms with Crippen LogP contribution in [0, 0.1) is 11.7 Å². The molecule has 0 aliphatic heterocycles. The van der Waals surface area contributed by atoms with Crippen LogP contribution in [-0.2, 0) is 4.79 Å². The van der Waals surface area contributed by atoms with Crippen molar-refractivity contribution in [3.05, 3.63) is 41.7 Å². The summed E-state index contributed by atoms with van der Waals surface area (Å²) < 4.78 is 16.5. The number of carbonyl (C=O) groups excluding carboxylic acids is 1. The third-order valence-electron chi connectivity index (χ3n) is 5.93. The monoisotopic (exact) mass is 426 g/mol. The summed E-state index contributed by atoms with van der Waals surface area (Å²) in [6, 6.07) is 1.65. The number of hydrogen-bond donors (Lipinski definition) is 2. The highest BCUT2D eigenvalue weighted by atomic mass is 35.5. The van der Waals surface area contributed by atoms with Gasteiger partial charge >= 0.3 is 0 Å². The minimum absolute atomic E-state index is 0.0198. The van der Waals surface area contributed by atoms with E-state index in [0.29, 0.717) is 27.5 Å². The van der Waals surface area contributed by atoms with Crippen molar-refractivity contribution in [2.75, 3.05) is 7.05 Å². The Morgan fingerprint density at radius 2 is 2.10 bits per heavy atom. The second-order valence-corrected chi connectivity index (χ2v) is 8.08. The zero-order valence-electron chi connectivity index (χ0n) is 16.3. The zero-order valence-corrected chi connectivity index (χ0v) is 17.1. The van der Waals surface area contributed by atoms with Gasteiger partial charge in [0.1, 0.15) is 11.3 Å². The van der Waals surface area contributed by atoms with Gasteiger partial charge in [-0.1, -0.05) is 24.4 Å². The van der Waals surface area contributed by atoms with E-state index in [4.69, 9.17) is 16.6 Å². The Kier molecular flexibility index (Phi) is 4.66. The molecule has 0 spiro atoms. The molecule has 30 heavy (non-hydrogen) atoms. The highest BCUT2D eigenvalue weighted by molar-refractivity contribution is 6.31. The number of H-pyrrole nitrogens is 1. The maximum absolute atomic E-state index is 14.7. The molecule has 1 amide bonds. The molecule has 1 aliphatic rings. The Morgan fingerprint density at radius 3 is 2.93 bits per heavy atom. The van der Waals surface area contributed by atoms with E-state index in [1.807, 2.05) is 4.57 Å². The second-order valence-electron chi connectivity index (χ2n) is 7.64. The summed E-state index contributed by atoms with van der Waals surface area (Å²) in [7, 11) is 1.64.